The fraction of sp³-hybridized carbons (Fsp3) is 0.455. The molecule has 3 aromatic heterocycles. The van der Waals surface area contributed by atoms with Crippen LogP contribution >= 0.6 is 0 Å². The number of H-pyrrole nitrogens is 2. The smallest absolute Gasteiger partial charge is 0.407 e. The van der Waals surface area contributed by atoms with Crippen molar-refractivity contribution in [3.05, 3.63) is 72.6 Å². The maximum atomic E-state index is 13.7. The van der Waals surface area contributed by atoms with E-state index in [1.165, 1.54) is 14.2 Å². The maximum Gasteiger partial charge on any atom is 0.407 e. The fourth-order valence-corrected chi connectivity index (χ4v) is 8.39. The summed E-state index contributed by atoms with van der Waals surface area (Å²) < 4.78 is 11.1. The van der Waals surface area contributed by atoms with Crippen LogP contribution in [0.2, 0.25) is 0 Å². The zero-order valence-electron chi connectivity index (χ0n) is 34.5. The predicted octanol–water partition coefficient (Wildman–Crippen LogP) is 8.00. The number of methoxy groups -OCH3 is 1. The summed E-state index contributed by atoms with van der Waals surface area (Å²) in [5, 5.41) is 13.3. The Morgan fingerprint density at radius 3 is 1.97 bits per heavy atom. The number of imidazole rings is 2. The summed E-state index contributed by atoms with van der Waals surface area (Å²) in [6, 6.07) is 14.1. The molecule has 312 valence electrons. The van der Waals surface area contributed by atoms with Gasteiger partial charge in [-0.3, -0.25) is 14.5 Å². The Balaban J connectivity index is 1.03. The van der Waals surface area contributed by atoms with Gasteiger partial charge in [-0.15, -0.1) is 0 Å². The summed E-state index contributed by atoms with van der Waals surface area (Å²) in [5.74, 6) is 2.14. The number of nitrogens with zero attached hydrogens (tertiary/aromatic N) is 5. The van der Waals surface area contributed by atoms with E-state index in [4.69, 9.17) is 14.1 Å². The van der Waals surface area contributed by atoms with Gasteiger partial charge in [0.05, 0.1) is 43.0 Å². The molecule has 5 heterocycles. The number of fused-ring (bicyclic) bond motifs is 1. The number of furan rings is 1. The third-order valence-electron chi connectivity index (χ3n) is 11.4. The van der Waals surface area contributed by atoms with Gasteiger partial charge < -0.3 is 39.3 Å². The minimum Gasteiger partial charge on any atom is -0.465 e. The molecule has 4 atom stereocenters. The number of carboxylic acid groups (broad SMARTS) is 1. The minimum absolute atomic E-state index is 0.136. The lowest BCUT2D eigenvalue weighted by Gasteiger charge is -2.32. The number of carbonyl (C=O) groups excluding carboxylic acids is 3. The Kier molecular flexibility index (Phi) is 12.1. The van der Waals surface area contributed by atoms with Gasteiger partial charge in [0.25, 0.3) is 0 Å². The van der Waals surface area contributed by atoms with Crippen LogP contribution in [0.25, 0.3) is 44.8 Å². The number of hydrogen-bond acceptors (Lipinski definition) is 8. The van der Waals surface area contributed by atoms with E-state index in [-0.39, 0.29) is 35.7 Å². The molecule has 2 aliphatic heterocycles. The predicted molar refractivity (Wildman–Crippen MR) is 222 cm³/mol. The summed E-state index contributed by atoms with van der Waals surface area (Å²) in [6.07, 6.45) is 5.94. The number of benzene rings is 2. The molecule has 59 heavy (non-hydrogen) atoms. The first-order chi connectivity index (χ1) is 28.3. The number of ether oxygens (including phenoxy) is 1. The molecule has 0 unspecified atom stereocenters. The molecule has 2 aliphatic rings. The van der Waals surface area contributed by atoms with Crippen molar-refractivity contribution < 1.29 is 33.4 Å². The first kappa shape index (κ1) is 41.1. The van der Waals surface area contributed by atoms with E-state index >= 15 is 0 Å². The second kappa shape index (κ2) is 17.4. The lowest BCUT2D eigenvalue weighted by molar-refractivity contribution is -0.137. The first-order valence-electron chi connectivity index (χ1n) is 20.5. The molecule has 0 radical (unpaired) electrons. The van der Waals surface area contributed by atoms with E-state index < -0.39 is 24.3 Å². The lowest BCUT2D eigenvalue weighted by Crippen LogP contribution is -2.49. The summed E-state index contributed by atoms with van der Waals surface area (Å²) in [4.78, 5) is 72.2. The van der Waals surface area contributed by atoms with Gasteiger partial charge in [-0.1, -0.05) is 52.0 Å². The largest absolute Gasteiger partial charge is 0.465 e. The van der Waals surface area contributed by atoms with Crippen LogP contribution in [0.4, 0.5) is 9.59 Å². The highest BCUT2D eigenvalue weighted by atomic mass is 16.5. The Morgan fingerprint density at radius 1 is 0.831 bits per heavy atom. The van der Waals surface area contributed by atoms with Crippen LogP contribution in [0.1, 0.15) is 90.0 Å². The van der Waals surface area contributed by atoms with Gasteiger partial charge in [0.1, 0.15) is 35.1 Å². The zero-order chi connectivity index (χ0) is 42.0. The van der Waals surface area contributed by atoms with Crippen LogP contribution in [-0.2, 0) is 14.3 Å². The molecule has 5 aromatic rings. The van der Waals surface area contributed by atoms with Gasteiger partial charge in [-0.05, 0) is 80.2 Å². The normalized spacial score (nSPS) is 17.8. The molecule has 4 N–H and O–H groups in total. The monoisotopic (exact) mass is 806 g/mol. The topological polar surface area (TPSA) is 190 Å². The van der Waals surface area contributed by atoms with Crippen LogP contribution < -0.4 is 5.32 Å². The lowest BCUT2D eigenvalue weighted by atomic mass is 10.0. The van der Waals surface area contributed by atoms with Crippen molar-refractivity contribution in [1.82, 2.24) is 40.0 Å². The maximum absolute atomic E-state index is 13.7. The van der Waals surface area contributed by atoms with Gasteiger partial charge in [-0.2, -0.15) is 0 Å². The van der Waals surface area contributed by atoms with Gasteiger partial charge in [-0.25, -0.2) is 19.6 Å². The third kappa shape index (κ3) is 8.83. The minimum atomic E-state index is -1.12. The Bertz CT molecular complexity index is 2290. The van der Waals surface area contributed by atoms with Crippen molar-refractivity contribution in [2.75, 3.05) is 27.2 Å². The molecule has 2 saturated heterocycles. The second-order valence-electron chi connectivity index (χ2n) is 16.5. The number of aromatic nitrogens is 4. The number of hydrogen-bond donors (Lipinski definition) is 4. The fourth-order valence-electron chi connectivity index (χ4n) is 8.39. The molecule has 4 amide bonds. The van der Waals surface area contributed by atoms with Gasteiger partial charge in [0.2, 0.25) is 11.8 Å². The summed E-state index contributed by atoms with van der Waals surface area (Å²) in [7, 11) is 2.75. The van der Waals surface area contributed by atoms with E-state index in [2.05, 4.69) is 26.3 Å². The number of nitrogens with one attached hydrogen (secondary N) is 3. The van der Waals surface area contributed by atoms with Crippen LogP contribution in [0.3, 0.4) is 0 Å². The van der Waals surface area contributed by atoms with E-state index in [1.54, 1.807) is 17.3 Å². The molecular formula is C44H54N8O7. The number of likely N-dealkylation sites (N-methyl/N-ethyl adjacent to an activating group) is 1. The SMILES string of the molecule is COC(=O)N[C@@H](CC(C)C)C(=O)N1CCC[C@H]1c1ncc(-c2ccc3oc(-c4ccc(-c5cnc([C@@H]6CCCN6C(=O)[C@H](CC(C)C)N(C)C(=O)O)[nH]5)cc4)cc3c2)[nH]1. The van der Waals surface area contributed by atoms with Crippen LogP contribution in [0.15, 0.2) is 65.3 Å². The quantitative estimate of drug-likeness (QED) is 0.0913. The molecular weight excluding hydrogens is 753 g/mol. The van der Waals surface area contributed by atoms with Gasteiger partial charge >= 0.3 is 12.2 Å². The summed E-state index contributed by atoms with van der Waals surface area (Å²) >= 11 is 0. The van der Waals surface area contributed by atoms with Crippen molar-refractivity contribution in [3.8, 4) is 33.8 Å². The van der Waals surface area contributed by atoms with Crippen molar-refractivity contribution >= 4 is 35.0 Å². The Labute approximate surface area is 343 Å². The van der Waals surface area contributed by atoms with Gasteiger partial charge in [0, 0.05) is 36.7 Å². The molecule has 2 aromatic carbocycles. The average molecular weight is 807 g/mol. The number of rotatable bonds is 13. The van der Waals surface area contributed by atoms with Crippen molar-refractivity contribution in [2.24, 2.45) is 11.8 Å². The number of amides is 4. The molecule has 15 nitrogen and oxygen atoms in total. The molecule has 15 heteroatoms. The number of alkyl carbamates (subject to hydrolysis) is 1. The van der Waals surface area contributed by atoms with Gasteiger partial charge in [0.15, 0.2) is 0 Å². The van der Waals surface area contributed by atoms with Crippen molar-refractivity contribution in [3.63, 3.8) is 0 Å². The first-order valence-corrected chi connectivity index (χ1v) is 20.5. The van der Waals surface area contributed by atoms with E-state index in [0.29, 0.717) is 37.6 Å². The van der Waals surface area contributed by atoms with Crippen molar-refractivity contribution in [1.29, 1.82) is 0 Å². The zero-order valence-corrected chi connectivity index (χ0v) is 34.5. The van der Waals surface area contributed by atoms with E-state index in [9.17, 15) is 24.3 Å². The highest BCUT2D eigenvalue weighted by Crippen LogP contribution is 2.36. The van der Waals surface area contributed by atoms with Crippen LogP contribution in [0, 0.1) is 11.8 Å². The standard InChI is InChI=1S/C44H54N8O7/c1-25(2)19-31(49-43(55)58-6)41(53)51-17-7-9-34(51)39-46-24-33(48-39)29-15-16-37-30(21-29)22-38(59-37)28-13-11-27(12-14-28)32-23-45-40(47-32)35-10-8-18-52(35)42(54)36(20-26(3)4)50(5)44(56)57/h11-16,21-26,31,34-36H,7-10,17-20H2,1-6H3,(H,45,47)(H,46,48)(H,49,55)(H,56,57)/t31-,34-,35-,36-/m0/s1. The second-order valence-corrected chi connectivity index (χ2v) is 16.5. The number of aromatic amines is 2. The average Bonchev–Trinajstić information content (AvgIpc) is 4.07. The molecule has 7 rings (SSSR count). The highest BCUT2D eigenvalue weighted by molar-refractivity contribution is 5.88. The Hall–Kier alpha value is -6.12. The molecule has 2 fully saturated rings. The molecule has 0 saturated carbocycles. The molecule has 0 spiro atoms. The van der Waals surface area contributed by atoms with E-state index in [1.807, 2.05) is 75.1 Å². The van der Waals surface area contributed by atoms with Crippen LogP contribution in [-0.4, -0.2) is 103 Å². The number of likely N-dealkylation sites (tertiary alicyclic amines) is 2. The van der Waals surface area contributed by atoms with E-state index in [0.717, 1.165) is 75.4 Å². The Morgan fingerprint density at radius 2 is 1.39 bits per heavy atom. The van der Waals surface area contributed by atoms with Crippen molar-refractivity contribution in [2.45, 2.75) is 90.4 Å². The highest BCUT2D eigenvalue weighted by Gasteiger charge is 2.39. The molecule has 0 bridgehead atoms. The third-order valence-corrected chi connectivity index (χ3v) is 11.4. The number of carbonyl (C=O) groups is 4. The summed E-state index contributed by atoms with van der Waals surface area (Å²) in [5.41, 5.74) is 5.16. The molecule has 0 aliphatic carbocycles. The summed E-state index contributed by atoms with van der Waals surface area (Å²) in [6.45, 7) is 9.14. The van der Waals surface area contributed by atoms with Crippen LogP contribution in [0.5, 0.6) is 0 Å².